The van der Waals surface area contributed by atoms with Crippen LogP contribution in [0, 0.1) is 0 Å². The van der Waals surface area contributed by atoms with Crippen LogP contribution in [0.2, 0.25) is 0 Å². The second kappa shape index (κ2) is 4.56. The molecule has 0 aliphatic carbocycles. The molecule has 0 bridgehead atoms. The number of amides is 1. The Kier molecular flexibility index (Phi) is 3.04. The second-order valence-electron chi connectivity index (χ2n) is 5.11. The first kappa shape index (κ1) is 12.0. The second-order valence-corrected chi connectivity index (χ2v) is 5.58. The number of hydrogen-bond acceptors (Lipinski definition) is 2. The quantitative estimate of drug-likeness (QED) is 0.835. The van der Waals surface area contributed by atoms with Crippen LogP contribution in [0.3, 0.4) is 0 Å². The number of hydrogen-bond donors (Lipinski definition) is 1. The lowest BCUT2D eigenvalue weighted by Crippen LogP contribution is -2.14. The lowest BCUT2D eigenvalue weighted by Gasteiger charge is -2.18. The molecule has 0 saturated carbocycles. The molecular formula is C14H16ClNO2. The van der Waals surface area contributed by atoms with Crippen molar-refractivity contribution < 1.29 is 9.53 Å². The average Bonchev–Trinajstić information content (AvgIpc) is 2.92. The van der Waals surface area contributed by atoms with Crippen LogP contribution in [0.15, 0.2) is 18.2 Å². The molecule has 0 aromatic heterocycles. The van der Waals surface area contributed by atoms with Gasteiger partial charge in [0.2, 0.25) is 5.91 Å². The van der Waals surface area contributed by atoms with E-state index in [-0.39, 0.29) is 17.4 Å². The molecule has 3 rings (SSSR count). The Balaban J connectivity index is 1.81. The Morgan fingerprint density at radius 2 is 2.28 bits per heavy atom. The molecule has 1 saturated heterocycles. The third kappa shape index (κ3) is 2.13. The summed E-state index contributed by atoms with van der Waals surface area (Å²) in [5, 5.41) is 2.70. The topological polar surface area (TPSA) is 38.3 Å². The van der Waals surface area contributed by atoms with Gasteiger partial charge in [0.05, 0.1) is 24.0 Å². The highest BCUT2D eigenvalue weighted by Gasteiger charge is 2.30. The third-order valence-electron chi connectivity index (χ3n) is 3.66. The smallest absolute Gasteiger partial charge is 0.228 e. The molecule has 4 heteroatoms. The summed E-state index contributed by atoms with van der Waals surface area (Å²) in [5.41, 5.74) is 2.99. The van der Waals surface area contributed by atoms with E-state index in [1.165, 1.54) is 0 Å². The lowest BCUT2D eigenvalue weighted by molar-refractivity contribution is -0.115. The van der Waals surface area contributed by atoms with Gasteiger partial charge < -0.3 is 10.1 Å². The molecule has 1 aromatic rings. The normalized spacial score (nSPS) is 28.0. The van der Waals surface area contributed by atoms with Crippen molar-refractivity contribution in [3.8, 4) is 0 Å². The highest BCUT2D eigenvalue weighted by molar-refractivity contribution is 6.21. The molecule has 2 heterocycles. The zero-order valence-electron chi connectivity index (χ0n) is 10.3. The monoisotopic (exact) mass is 265 g/mol. The minimum atomic E-state index is -0.129. The van der Waals surface area contributed by atoms with Crippen molar-refractivity contribution in [2.75, 3.05) is 5.32 Å². The number of carbonyl (C=O) groups is 1. The molecule has 3 unspecified atom stereocenters. The summed E-state index contributed by atoms with van der Waals surface area (Å²) in [4.78, 5) is 11.3. The highest BCUT2D eigenvalue weighted by Crippen LogP contribution is 2.36. The summed E-state index contributed by atoms with van der Waals surface area (Å²) >= 11 is 6.49. The van der Waals surface area contributed by atoms with E-state index in [0.717, 1.165) is 29.7 Å². The first-order valence-electron chi connectivity index (χ1n) is 6.35. The number of alkyl halides is 1. The van der Waals surface area contributed by atoms with E-state index in [2.05, 4.69) is 12.2 Å². The zero-order valence-corrected chi connectivity index (χ0v) is 11.0. The molecule has 3 nitrogen and oxygen atoms in total. The van der Waals surface area contributed by atoms with Crippen molar-refractivity contribution in [3.05, 3.63) is 29.3 Å². The van der Waals surface area contributed by atoms with Crippen LogP contribution in [-0.4, -0.2) is 18.1 Å². The van der Waals surface area contributed by atoms with Gasteiger partial charge in [0, 0.05) is 5.69 Å². The van der Waals surface area contributed by atoms with Crippen LogP contribution >= 0.6 is 11.6 Å². The van der Waals surface area contributed by atoms with E-state index in [1.54, 1.807) is 0 Å². The van der Waals surface area contributed by atoms with Crippen molar-refractivity contribution in [1.82, 2.24) is 0 Å². The molecule has 1 amide bonds. The largest absolute Gasteiger partial charge is 0.373 e. The van der Waals surface area contributed by atoms with Gasteiger partial charge in [-0.3, -0.25) is 4.79 Å². The van der Waals surface area contributed by atoms with Crippen LogP contribution in [0.1, 0.15) is 36.3 Å². The van der Waals surface area contributed by atoms with Gasteiger partial charge in [-0.25, -0.2) is 0 Å². The van der Waals surface area contributed by atoms with Crippen molar-refractivity contribution in [3.63, 3.8) is 0 Å². The fourth-order valence-electron chi connectivity index (χ4n) is 2.68. The molecule has 18 heavy (non-hydrogen) atoms. The van der Waals surface area contributed by atoms with Gasteiger partial charge in [-0.2, -0.15) is 0 Å². The Hall–Kier alpha value is -1.06. The van der Waals surface area contributed by atoms with Gasteiger partial charge in [0.25, 0.3) is 0 Å². The summed E-state index contributed by atoms with van der Waals surface area (Å²) in [7, 11) is 0. The van der Waals surface area contributed by atoms with Gasteiger partial charge in [-0.1, -0.05) is 12.1 Å². The van der Waals surface area contributed by atoms with Crippen molar-refractivity contribution in [2.24, 2.45) is 0 Å². The number of nitrogens with one attached hydrogen (secondary N) is 1. The van der Waals surface area contributed by atoms with Crippen LogP contribution < -0.4 is 5.32 Å². The van der Waals surface area contributed by atoms with E-state index in [4.69, 9.17) is 16.3 Å². The van der Waals surface area contributed by atoms with Gasteiger partial charge in [0.15, 0.2) is 0 Å². The SMILES string of the molecule is CC1CCC(C(Cl)c2ccc3c(c2)CC(=O)N3)O1. The summed E-state index contributed by atoms with van der Waals surface area (Å²) < 4.78 is 5.80. The van der Waals surface area contributed by atoms with Crippen molar-refractivity contribution >= 4 is 23.2 Å². The van der Waals surface area contributed by atoms with Gasteiger partial charge in [-0.15, -0.1) is 11.6 Å². The van der Waals surface area contributed by atoms with Crippen LogP contribution in [-0.2, 0) is 16.0 Å². The summed E-state index contributed by atoms with van der Waals surface area (Å²) in [6, 6.07) is 5.94. The average molecular weight is 266 g/mol. The Morgan fingerprint density at radius 1 is 1.44 bits per heavy atom. The Labute approximate surface area is 111 Å². The molecule has 1 N–H and O–H groups in total. The van der Waals surface area contributed by atoms with Crippen molar-refractivity contribution in [2.45, 2.75) is 43.8 Å². The summed E-state index contributed by atoms with van der Waals surface area (Å²) in [6.45, 7) is 2.08. The van der Waals surface area contributed by atoms with E-state index < -0.39 is 0 Å². The van der Waals surface area contributed by atoms with E-state index >= 15 is 0 Å². The summed E-state index contributed by atoms with van der Waals surface area (Å²) in [5.74, 6) is 0.0546. The predicted molar refractivity (Wildman–Crippen MR) is 70.9 cm³/mol. The molecule has 1 aromatic carbocycles. The Bertz CT molecular complexity index is 489. The molecule has 3 atom stereocenters. The fourth-order valence-corrected chi connectivity index (χ4v) is 3.01. The minimum Gasteiger partial charge on any atom is -0.373 e. The van der Waals surface area contributed by atoms with Crippen LogP contribution in [0.25, 0.3) is 0 Å². The predicted octanol–water partition coefficient (Wildman–Crippen LogP) is 3.03. The van der Waals surface area contributed by atoms with Crippen LogP contribution in [0.4, 0.5) is 5.69 Å². The van der Waals surface area contributed by atoms with Gasteiger partial charge >= 0.3 is 0 Å². The van der Waals surface area contributed by atoms with Gasteiger partial charge in [-0.05, 0) is 37.0 Å². The highest BCUT2D eigenvalue weighted by atomic mass is 35.5. The number of anilines is 1. The van der Waals surface area contributed by atoms with E-state index in [9.17, 15) is 4.79 Å². The summed E-state index contributed by atoms with van der Waals surface area (Å²) in [6.07, 6.45) is 2.91. The number of fused-ring (bicyclic) bond motifs is 1. The number of benzene rings is 1. The third-order valence-corrected chi connectivity index (χ3v) is 4.20. The molecule has 96 valence electrons. The van der Waals surface area contributed by atoms with Gasteiger partial charge in [0.1, 0.15) is 0 Å². The maximum absolute atomic E-state index is 11.3. The first-order valence-corrected chi connectivity index (χ1v) is 6.79. The Morgan fingerprint density at radius 3 is 3.00 bits per heavy atom. The van der Waals surface area contributed by atoms with Crippen molar-refractivity contribution in [1.29, 1.82) is 0 Å². The number of halogens is 1. The fraction of sp³-hybridized carbons (Fsp3) is 0.500. The standard InChI is InChI=1S/C14H16ClNO2/c1-8-2-5-12(18-8)14(15)9-3-4-11-10(6-9)7-13(17)16-11/h3-4,6,8,12,14H,2,5,7H2,1H3,(H,16,17). The maximum atomic E-state index is 11.3. The van der Waals surface area contributed by atoms with E-state index in [0.29, 0.717) is 12.5 Å². The number of rotatable bonds is 2. The van der Waals surface area contributed by atoms with Crippen LogP contribution in [0.5, 0.6) is 0 Å². The molecule has 2 aliphatic heterocycles. The number of ether oxygens (including phenoxy) is 1. The number of carbonyl (C=O) groups excluding carboxylic acids is 1. The molecule has 2 aliphatic rings. The molecule has 0 spiro atoms. The zero-order chi connectivity index (χ0) is 12.7. The van der Waals surface area contributed by atoms with E-state index in [1.807, 2.05) is 18.2 Å². The molecule has 0 radical (unpaired) electrons. The minimum absolute atomic E-state index is 0.0546. The molecule has 1 fully saturated rings. The maximum Gasteiger partial charge on any atom is 0.228 e. The molecular weight excluding hydrogens is 250 g/mol. The first-order chi connectivity index (χ1) is 8.63. The lowest BCUT2D eigenvalue weighted by atomic mass is 10.0.